The molecule has 0 aliphatic rings. The second-order valence-electron chi connectivity index (χ2n) is 8.43. The zero-order valence-corrected chi connectivity index (χ0v) is 14.1. The lowest BCUT2D eigenvalue weighted by molar-refractivity contribution is -0.134. The van der Waals surface area contributed by atoms with Crippen molar-refractivity contribution < 1.29 is 4.79 Å². The van der Waals surface area contributed by atoms with Crippen LogP contribution in [0.2, 0.25) is 0 Å². The summed E-state index contributed by atoms with van der Waals surface area (Å²) in [7, 11) is 0. The molecule has 0 saturated heterocycles. The van der Waals surface area contributed by atoms with E-state index in [1.54, 1.807) is 0 Å². The van der Waals surface area contributed by atoms with Gasteiger partial charge in [0.25, 0.3) is 0 Å². The van der Waals surface area contributed by atoms with Gasteiger partial charge >= 0.3 is 0 Å². The van der Waals surface area contributed by atoms with Crippen molar-refractivity contribution >= 4 is 5.78 Å². The van der Waals surface area contributed by atoms with Gasteiger partial charge in [0.05, 0.1) is 6.04 Å². The monoisotopic (exact) mass is 255 g/mol. The fourth-order valence-electron chi connectivity index (χ4n) is 1.76. The number of ketones is 1. The Hall–Kier alpha value is -0.370. The molecule has 0 aliphatic carbocycles. The first-order valence-corrected chi connectivity index (χ1v) is 7.01. The molecule has 0 rings (SSSR count). The Morgan fingerprint density at radius 1 is 0.889 bits per heavy atom. The Kier molecular flexibility index (Phi) is 5.21. The molecular weight excluding hydrogens is 222 g/mol. The van der Waals surface area contributed by atoms with Crippen molar-refractivity contribution in [1.29, 1.82) is 0 Å². The molecule has 0 amide bonds. The highest BCUT2D eigenvalue weighted by Gasteiger charge is 2.42. The highest BCUT2D eigenvalue weighted by Crippen LogP contribution is 2.34. The summed E-state index contributed by atoms with van der Waals surface area (Å²) in [5.41, 5.74) is -0.423. The Labute approximate surface area is 114 Å². The van der Waals surface area contributed by atoms with Gasteiger partial charge in [0.1, 0.15) is 0 Å². The van der Waals surface area contributed by atoms with Crippen molar-refractivity contribution in [3.8, 4) is 0 Å². The van der Waals surface area contributed by atoms with E-state index >= 15 is 0 Å². The van der Waals surface area contributed by atoms with Gasteiger partial charge in [-0.2, -0.15) is 0 Å². The minimum absolute atomic E-state index is 0.0549. The second kappa shape index (κ2) is 5.32. The van der Waals surface area contributed by atoms with Crippen LogP contribution in [0, 0.1) is 16.7 Å². The maximum atomic E-state index is 12.9. The van der Waals surface area contributed by atoms with E-state index in [1.165, 1.54) is 0 Å². The number of carbonyl (C=O) groups is 1. The summed E-state index contributed by atoms with van der Waals surface area (Å²) >= 11 is 0. The number of hydrogen-bond donors (Lipinski definition) is 1. The van der Waals surface area contributed by atoms with Gasteiger partial charge in [0.15, 0.2) is 5.78 Å². The predicted octanol–water partition coefficient (Wildman–Crippen LogP) is 4.04. The van der Waals surface area contributed by atoms with E-state index in [0.717, 1.165) is 0 Å². The van der Waals surface area contributed by atoms with E-state index in [1.807, 2.05) is 0 Å². The first-order chi connectivity index (χ1) is 7.69. The minimum atomic E-state index is -0.295. The lowest BCUT2D eigenvalue weighted by Crippen LogP contribution is -2.57. The SMILES string of the molecule is CC(C)C(C)(C)C(=O)[C@@H](NC(C)(C)C)C(C)(C)C. The third-order valence-electron chi connectivity index (χ3n) is 3.78. The van der Waals surface area contributed by atoms with Gasteiger partial charge < -0.3 is 5.32 Å². The molecule has 1 N–H and O–H groups in total. The zero-order chi connectivity index (χ0) is 14.9. The number of nitrogens with one attached hydrogen (secondary N) is 1. The zero-order valence-electron chi connectivity index (χ0n) is 14.1. The van der Waals surface area contributed by atoms with Crippen molar-refractivity contribution in [2.75, 3.05) is 0 Å². The van der Waals surface area contributed by atoms with Crippen LogP contribution in [-0.2, 0) is 4.79 Å². The van der Waals surface area contributed by atoms with E-state index in [4.69, 9.17) is 0 Å². The topological polar surface area (TPSA) is 29.1 Å². The number of rotatable bonds is 4. The molecule has 0 heterocycles. The van der Waals surface area contributed by atoms with Gasteiger partial charge in [-0.1, -0.05) is 48.5 Å². The molecule has 2 heteroatoms. The average molecular weight is 255 g/mol. The summed E-state index contributed by atoms with van der Waals surface area (Å²) in [4.78, 5) is 12.9. The Balaban J connectivity index is 5.30. The molecular formula is C16H33NO. The molecule has 0 fully saturated rings. The van der Waals surface area contributed by atoms with Crippen molar-refractivity contribution in [2.45, 2.75) is 80.8 Å². The number of carbonyl (C=O) groups excluding carboxylic acids is 1. The first kappa shape index (κ1) is 17.6. The van der Waals surface area contributed by atoms with Crippen LogP contribution in [0.1, 0.15) is 69.2 Å². The lowest BCUT2D eigenvalue weighted by atomic mass is 9.69. The fraction of sp³-hybridized carbons (Fsp3) is 0.938. The first-order valence-electron chi connectivity index (χ1n) is 7.01. The lowest BCUT2D eigenvalue weighted by Gasteiger charge is -2.41. The van der Waals surface area contributed by atoms with Crippen LogP contribution in [0.25, 0.3) is 0 Å². The molecule has 0 bridgehead atoms. The van der Waals surface area contributed by atoms with Gasteiger partial charge in [0.2, 0.25) is 0 Å². The molecule has 0 aliphatic heterocycles. The van der Waals surface area contributed by atoms with Gasteiger partial charge in [-0.15, -0.1) is 0 Å². The summed E-state index contributed by atoms with van der Waals surface area (Å²) in [6.45, 7) is 21.1. The maximum Gasteiger partial charge on any atom is 0.156 e. The van der Waals surface area contributed by atoms with Crippen LogP contribution in [0.5, 0.6) is 0 Å². The van der Waals surface area contributed by atoms with Crippen LogP contribution in [0.4, 0.5) is 0 Å². The Morgan fingerprint density at radius 2 is 1.28 bits per heavy atom. The molecule has 18 heavy (non-hydrogen) atoms. The molecule has 0 saturated carbocycles. The standard InChI is InChI=1S/C16H33NO/c1-11(2)16(9,10)13(18)12(14(3,4)5)17-15(6,7)8/h11-12,17H,1-10H3/t12-/m1/s1. The molecule has 0 unspecified atom stereocenters. The molecule has 2 nitrogen and oxygen atoms in total. The van der Waals surface area contributed by atoms with E-state index < -0.39 is 0 Å². The highest BCUT2D eigenvalue weighted by atomic mass is 16.1. The number of hydrogen-bond acceptors (Lipinski definition) is 2. The molecule has 0 aromatic heterocycles. The molecule has 0 radical (unpaired) electrons. The Bertz CT molecular complexity index is 289. The summed E-state index contributed by atoms with van der Waals surface area (Å²) in [6.07, 6.45) is 0. The van der Waals surface area contributed by atoms with Gasteiger partial charge in [-0.25, -0.2) is 0 Å². The minimum Gasteiger partial charge on any atom is -0.302 e. The second-order valence-corrected chi connectivity index (χ2v) is 8.43. The van der Waals surface area contributed by atoms with Crippen LogP contribution >= 0.6 is 0 Å². The normalized spacial score (nSPS) is 15.9. The van der Waals surface area contributed by atoms with E-state index in [0.29, 0.717) is 11.7 Å². The average Bonchev–Trinajstić information content (AvgIpc) is 2.09. The summed E-state index contributed by atoms with van der Waals surface area (Å²) in [5.74, 6) is 0.663. The van der Waals surface area contributed by atoms with Crippen molar-refractivity contribution in [3.63, 3.8) is 0 Å². The van der Waals surface area contributed by atoms with E-state index in [2.05, 4.69) is 74.6 Å². The van der Waals surface area contributed by atoms with Gasteiger partial charge in [-0.3, -0.25) is 4.79 Å². The molecule has 0 aromatic rings. The molecule has 0 aromatic carbocycles. The molecule has 1 atom stereocenters. The maximum absolute atomic E-state index is 12.9. The highest BCUT2D eigenvalue weighted by molar-refractivity contribution is 5.90. The Morgan fingerprint density at radius 3 is 1.50 bits per heavy atom. The van der Waals surface area contributed by atoms with Crippen molar-refractivity contribution in [1.82, 2.24) is 5.32 Å². The number of Topliss-reactive ketones (excluding diaryl/α,β-unsaturated/α-hetero) is 1. The van der Waals surface area contributed by atoms with E-state index in [9.17, 15) is 4.79 Å². The van der Waals surface area contributed by atoms with Crippen LogP contribution in [-0.4, -0.2) is 17.4 Å². The van der Waals surface area contributed by atoms with Crippen LogP contribution in [0.3, 0.4) is 0 Å². The quantitative estimate of drug-likeness (QED) is 0.821. The molecule has 0 spiro atoms. The fourth-order valence-corrected chi connectivity index (χ4v) is 1.76. The summed E-state index contributed by atoms with van der Waals surface area (Å²) in [5, 5.41) is 3.51. The molecule has 108 valence electrons. The van der Waals surface area contributed by atoms with Gasteiger partial charge in [0, 0.05) is 11.0 Å². The third-order valence-corrected chi connectivity index (χ3v) is 3.78. The van der Waals surface area contributed by atoms with Crippen molar-refractivity contribution in [2.24, 2.45) is 16.7 Å². The summed E-state index contributed by atoms with van der Waals surface area (Å²) in [6, 6.07) is -0.116. The van der Waals surface area contributed by atoms with Crippen LogP contribution in [0.15, 0.2) is 0 Å². The summed E-state index contributed by atoms with van der Waals surface area (Å²) < 4.78 is 0. The largest absolute Gasteiger partial charge is 0.302 e. The predicted molar refractivity (Wildman–Crippen MR) is 79.8 cm³/mol. The van der Waals surface area contributed by atoms with Gasteiger partial charge in [-0.05, 0) is 32.1 Å². The third kappa shape index (κ3) is 4.72. The van der Waals surface area contributed by atoms with Crippen LogP contribution < -0.4 is 5.32 Å². The smallest absolute Gasteiger partial charge is 0.156 e. The van der Waals surface area contributed by atoms with E-state index in [-0.39, 0.29) is 22.4 Å². The van der Waals surface area contributed by atoms with Crippen molar-refractivity contribution in [3.05, 3.63) is 0 Å².